The van der Waals surface area contributed by atoms with Crippen LogP contribution in [0.5, 0.6) is 0 Å². The van der Waals surface area contributed by atoms with E-state index in [1.54, 1.807) is 18.4 Å². The number of Topliss-reactive ketones (excluding diaryl/α,β-unsaturated/α-hetero) is 1. The van der Waals surface area contributed by atoms with Crippen molar-refractivity contribution in [1.82, 2.24) is 0 Å². The largest absolute Gasteiger partial charge is 0.467 e. The molecule has 146 valence electrons. The van der Waals surface area contributed by atoms with Crippen molar-refractivity contribution in [2.45, 2.75) is 31.8 Å². The number of carbonyl (C=O) groups excluding carboxylic acids is 1. The highest BCUT2D eigenvalue weighted by Gasteiger charge is 2.38. The molecule has 5 rings (SSSR count). The van der Waals surface area contributed by atoms with Gasteiger partial charge in [0.25, 0.3) is 0 Å². The lowest BCUT2D eigenvalue weighted by molar-refractivity contribution is -0.116. The highest BCUT2D eigenvalue weighted by atomic mass is 19.1. The zero-order valence-corrected chi connectivity index (χ0v) is 15.9. The molecule has 0 saturated heterocycles. The molecule has 29 heavy (non-hydrogen) atoms. The number of nitrogens with one attached hydrogen (secondary N) is 1. The average molecular weight is 388 g/mol. The SMILES string of the molecule is O=C1CCCC2=C1C(c1ccco1)N(Cc1ccc(F)cc1)c1ccccc1N2. The van der Waals surface area contributed by atoms with Gasteiger partial charge in [-0.15, -0.1) is 0 Å². The van der Waals surface area contributed by atoms with Gasteiger partial charge in [-0.3, -0.25) is 4.79 Å². The highest BCUT2D eigenvalue weighted by molar-refractivity contribution is 6.00. The van der Waals surface area contributed by atoms with Crippen molar-refractivity contribution in [1.29, 1.82) is 0 Å². The number of rotatable bonds is 3. The maximum absolute atomic E-state index is 13.5. The summed E-state index contributed by atoms with van der Waals surface area (Å²) in [6.45, 7) is 0.522. The summed E-state index contributed by atoms with van der Waals surface area (Å²) in [5.41, 5.74) is 4.65. The van der Waals surface area contributed by atoms with Crippen molar-refractivity contribution in [2.24, 2.45) is 0 Å². The number of nitrogens with zero attached hydrogens (tertiary/aromatic N) is 1. The predicted molar refractivity (Wildman–Crippen MR) is 110 cm³/mol. The molecule has 1 aromatic heterocycles. The zero-order valence-electron chi connectivity index (χ0n) is 15.9. The number of anilines is 2. The van der Waals surface area contributed by atoms with Crippen LogP contribution in [-0.4, -0.2) is 5.78 Å². The van der Waals surface area contributed by atoms with Gasteiger partial charge >= 0.3 is 0 Å². The standard InChI is InChI=1S/C24H21FN2O2/c25-17-12-10-16(11-13-17)15-27-20-7-2-1-5-18(20)26-19-6-3-8-21(28)23(19)24(27)22-9-4-14-29-22/h1-2,4-5,7,9-14,24,26H,3,6,8,15H2. The van der Waals surface area contributed by atoms with E-state index in [-0.39, 0.29) is 17.6 Å². The molecule has 1 N–H and O–H groups in total. The molecule has 3 aromatic rings. The topological polar surface area (TPSA) is 45.5 Å². The molecule has 0 amide bonds. The quantitative estimate of drug-likeness (QED) is 0.634. The third kappa shape index (κ3) is 3.23. The van der Waals surface area contributed by atoms with Crippen LogP contribution in [0.4, 0.5) is 15.8 Å². The Balaban J connectivity index is 1.70. The minimum absolute atomic E-state index is 0.150. The van der Waals surface area contributed by atoms with Crippen LogP contribution >= 0.6 is 0 Å². The number of para-hydroxylation sites is 2. The number of benzene rings is 2. The molecule has 2 aliphatic rings. The lowest BCUT2D eigenvalue weighted by atomic mass is 9.88. The molecule has 5 heteroatoms. The predicted octanol–water partition coefficient (Wildman–Crippen LogP) is 5.60. The summed E-state index contributed by atoms with van der Waals surface area (Å²) in [5, 5.41) is 3.52. The summed E-state index contributed by atoms with van der Waals surface area (Å²) in [7, 11) is 0. The van der Waals surface area contributed by atoms with Gasteiger partial charge in [-0.05, 0) is 54.8 Å². The number of carbonyl (C=O) groups is 1. The summed E-state index contributed by atoms with van der Waals surface area (Å²) in [6.07, 6.45) is 3.86. The Morgan fingerprint density at radius 2 is 1.86 bits per heavy atom. The van der Waals surface area contributed by atoms with E-state index in [0.717, 1.165) is 46.8 Å². The second kappa shape index (κ2) is 7.24. The van der Waals surface area contributed by atoms with Crippen molar-refractivity contribution >= 4 is 17.2 Å². The van der Waals surface area contributed by atoms with Crippen LogP contribution in [0.3, 0.4) is 0 Å². The molecule has 2 heterocycles. The first-order valence-corrected chi connectivity index (χ1v) is 9.87. The highest BCUT2D eigenvalue weighted by Crippen LogP contribution is 2.45. The van der Waals surface area contributed by atoms with Crippen LogP contribution in [0.2, 0.25) is 0 Å². The molecule has 1 unspecified atom stereocenters. The van der Waals surface area contributed by atoms with E-state index in [0.29, 0.717) is 13.0 Å². The molecule has 0 radical (unpaired) electrons. The van der Waals surface area contributed by atoms with Gasteiger partial charge in [0.2, 0.25) is 0 Å². The molecule has 4 nitrogen and oxygen atoms in total. The van der Waals surface area contributed by atoms with Crippen LogP contribution in [-0.2, 0) is 11.3 Å². The summed E-state index contributed by atoms with van der Waals surface area (Å²) in [4.78, 5) is 15.2. The van der Waals surface area contributed by atoms with Crippen LogP contribution in [0.25, 0.3) is 0 Å². The number of ketones is 1. The molecule has 1 aliphatic heterocycles. The molecular weight excluding hydrogens is 367 g/mol. The molecule has 0 saturated carbocycles. The normalized spacial score (nSPS) is 18.7. The first-order valence-electron chi connectivity index (χ1n) is 9.87. The Hall–Kier alpha value is -3.34. The Morgan fingerprint density at radius 3 is 2.66 bits per heavy atom. The molecule has 1 atom stereocenters. The number of hydrogen-bond donors (Lipinski definition) is 1. The van der Waals surface area contributed by atoms with E-state index in [2.05, 4.69) is 10.2 Å². The number of fused-ring (bicyclic) bond motifs is 1. The summed E-state index contributed by atoms with van der Waals surface area (Å²) < 4.78 is 19.3. The average Bonchev–Trinajstić information content (AvgIpc) is 3.21. The van der Waals surface area contributed by atoms with Crippen molar-refractivity contribution in [3.63, 3.8) is 0 Å². The maximum Gasteiger partial charge on any atom is 0.163 e. The van der Waals surface area contributed by atoms with Crippen molar-refractivity contribution in [3.05, 3.63) is 95.3 Å². The van der Waals surface area contributed by atoms with E-state index in [1.807, 2.05) is 36.4 Å². The van der Waals surface area contributed by atoms with Gasteiger partial charge in [-0.1, -0.05) is 24.3 Å². The van der Waals surface area contributed by atoms with Gasteiger partial charge in [0.1, 0.15) is 17.6 Å². The van der Waals surface area contributed by atoms with Crippen molar-refractivity contribution in [2.75, 3.05) is 10.2 Å². The minimum Gasteiger partial charge on any atom is -0.467 e. The van der Waals surface area contributed by atoms with Gasteiger partial charge in [0.15, 0.2) is 5.78 Å². The number of hydrogen-bond acceptors (Lipinski definition) is 4. The van der Waals surface area contributed by atoms with E-state index in [9.17, 15) is 9.18 Å². The smallest absolute Gasteiger partial charge is 0.163 e. The Kier molecular flexibility index (Phi) is 4.43. The van der Waals surface area contributed by atoms with Gasteiger partial charge < -0.3 is 14.6 Å². The van der Waals surface area contributed by atoms with Crippen LogP contribution in [0.1, 0.15) is 36.6 Å². The number of furan rings is 1. The Bertz CT molecular complexity index is 1070. The van der Waals surface area contributed by atoms with E-state index in [1.165, 1.54) is 12.1 Å². The van der Waals surface area contributed by atoms with Crippen LogP contribution < -0.4 is 10.2 Å². The monoisotopic (exact) mass is 388 g/mol. The number of allylic oxidation sites excluding steroid dienone is 1. The van der Waals surface area contributed by atoms with Gasteiger partial charge in [-0.25, -0.2) is 4.39 Å². The first-order chi connectivity index (χ1) is 14.2. The second-order valence-corrected chi connectivity index (χ2v) is 7.48. The van der Waals surface area contributed by atoms with Gasteiger partial charge in [0, 0.05) is 24.2 Å². The van der Waals surface area contributed by atoms with Gasteiger partial charge in [0.05, 0.1) is 17.6 Å². The first kappa shape index (κ1) is 17.7. The third-order valence-electron chi connectivity index (χ3n) is 5.62. The fourth-order valence-electron chi connectivity index (χ4n) is 4.30. The molecule has 0 spiro atoms. The van der Waals surface area contributed by atoms with Gasteiger partial charge in [-0.2, -0.15) is 0 Å². The fourth-order valence-corrected chi connectivity index (χ4v) is 4.30. The maximum atomic E-state index is 13.5. The van der Waals surface area contributed by atoms with Crippen molar-refractivity contribution < 1.29 is 13.6 Å². The van der Waals surface area contributed by atoms with E-state index >= 15 is 0 Å². The number of halogens is 1. The summed E-state index contributed by atoms with van der Waals surface area (Å²) in [6, 6.07) is 18.0. The third-order valence-corrected chi connectivity index (χ3v) is 5.62. The second-order valence-electron chi connectivity index (χ2n) is 7.48. The Labute approximate surface area is 168 Å². The van der Waals surface area contributed by atoms with Crippen LogP contribution in [0.15, 0.2) is 82.6 Å². The van der Waals surface area contributed by atoms with Crippen LogP contribution in [0, 0.1) is 5.82 Å². The molecule has 0 fully saturated rings. The zero-order chi connectivity index (χ0) is 19.8. The molecule has 0 bridgehead atoms. The Morgan fingerprint density at radius 1 is 1.03 bits per heavy atom. The fraction of sp³-hybridized carbons (Fsp3) is 0.208. The summed E-state index contributed by atoms with van der Waals surface area (Å²) >= 11 is 0. The van der Waals surface area contributed by atoms with E-state index in [4.69, 9.17) is 4.42 Å². The van der Waals surface area contributed by atoms with Crippen molar-refractivity contribution in [3.8, 4) is 0 Å². The van der Waals surface area contributed by atoms with E-state index < -0.39 is 0 Å². The summed E-state index contributed by atoms with van der Waals surface area (Å²) in [5.74, 6) is 0.618. The lowest BCUT2D eigenvalue weighted by Gasteiger charge is -2.34. The lowest BCUT2D eigenvalue weighted by Crippen LogP contribution is -2.32. The molecule has 2 aromatic carbocycles. The molecular formula is C24H21FN2O2. The molecule has 1 aliphatic carbocycles. The minimum atomic E-state index is -0.339.